The minimum atomic E-state index is -0.330. The molecule has 2 N–H and O–H groups in total. The van der Waals surface area contributed by atoms with Crippen LogP contribution in [0.3, 0.4) is 0 Å². The number of nitrogens with zero attached hydrogens (tertiary/aromatic N) is 3. The third kappa shape index (κ3) is 3.57. The third-order valence-electron chi connectivity index (χ3n) is 4.33. The average Bonchev–Trinajstić information content (AvgIpc) is 3.35. The molecule has 0 aliphatic carbocycles. The first-order valence-corrected chi connectivity index (χ1v) is 8.63. The molecule has 4 rings (SSSR count). The number of methoxy groups -OCH3 is 1. The van der Waals surface area contributed by atoms with Gasteiger partial charge in [0.1, 0.15) is 24.7 Å². The van der Waals surface area contributed by atoms with Crippen molar-refractivity contribution in [2.45, 2.75) is 19.3 Å². The Morgan fingerprint density at radius 2 is 2.25 bits per heavy atom. The lowest BCUT2D eigenvalue weighted by molar-refractivity contribution is 0.0925. The molecule has 0 saturated heterocycles. The molecule has 1 amide bonds. The van der Waals surface area contributed by atoms with Gasteiger partial charge in [-0.1, -0.05) is 17.3 Å². The highest BCUT2D eigenvalue weighted by atomic mass is 16.5. The minimum Gasteiger partial charge on any atom is -0.491 e. The zero-order valence-electron chi connectivity index (χ0n) is 15.1. The van der Waals surface area contributed by atoms with E-state index in [1.165, 1.54) is 6.20 Å². The molecular formula is C19H18N4O5. The van der Waals surface area contributed by atoms with Crippen LogP contribution in [0.2, 0.25) is 0 Å². The summed E-state index contributed by atoms with van der Waals surface area (Å²) >= 11 is 0. The number of fused-ring (bicyclic) bond motifs is 1. The van der Waals surface area contributed by atoms with Crippen LogP contribution < -0.4 is 10.1 Å². The Balaban J connectivity index is 1.50. The second-order valence-electron chi connectivity index (χ2n) is 6.24. The molecule has 144 valence electrons. The first kappa shape index (κ1) is 18.1. The molecule has 9 nitrogen and oxygen atoms in total. The summed E-state index contributed by atoms with van der Waals surface area (Å²) in [6.45, 7) is 0.405. The van der Waals surface area contributed by atoms with Gasteiger partial charge >= 0.3 is 0 Å². The first-order chi connectivity index (χ1) is 13.7. The zero-order valence-corrected chi connectivity index (χ0v) is 15.1. The molecular weight excluding hydrogens is 364 g/mol. The van der Waals surface area contributed by atoms with E-state index in [1.807, 2.05) is 18.2 Å². The van der Waals surface area contributed by atoms with Gasteiger partial charge in [0, 0.05) is 24.4 Å². The Hall–Kier alpha value is -3.30. The topological polar surface area (TPSA) is 120 Å². The minimum absolute atomic E-state index is 0.150. The van der Waals surface area contributed by atoms with E-state index < -0.39 is 0 Å². The highest BCUT2D eigenvalue weighted by Gasteiger charge is 2.27. The van der Waals surface area contributed by atoms with E-state index in [9.17, 15) is 9.90 Å². The number of aromatic nitrogens is 3. The number of hydrogen-bond donors (Lipinski definition) is 2. The molecule has 3 heterocycles. The smallest absolute Gasteiger partial charge is 0.270 e. The second-order valence-corrected chi connectivity index (χ2v) is 6.24. The summed E-state index contributed by atoms with van der Waals surface area (Å²) in [5.74, 6) is 1.15. The van der Waals surface area contributed by atoms with E-state index in [4.69, 9.17) is 14.0 Å². The number of aliphatic hydroxyl groups excluding tert-OH is 1. The van der Waals surface area contributed by atoms with Crippen molar-refractivity contribution in [2.24, 2.45) is 0 Å². The van der Waals surface area contributed by atoms with Crippen molar-refractivity contribution >= 4 is 5.91 Å². The molecule has 0 saturated carbocycles. The molecule has 9 heteroatoms. The molecule has 0 radical (unpaired) electrons. The van der Waals surface area contributed by atoms with Crippen molar-refractivity contribution in [3.05, 3.63) is 59.2 Å². The van der Waals surface area contributed by atoms with Crippen molar-refractivity contribution in [2.75, 3.05) is 13.7 Å². The van der Waals surface area contributed by atoms with Crippen molar-refractivity contribution in [1.82, 2.24) is 20.4 Å². The Kier molecular flexibility index (Phi) is 5.00. The van der Waals surface area contributed by atoms with Gasteiger partial charge < -0.3 is 24.4 Å². The number of amides is 1. The summed E-state index contributed by atoms with van der Waals surface area (Å²) in [6.07, 6.45) is 1.49. The lowest BCUT2D eigenvalue weighted by Gasteiger charge is -2.11. The van der Waals surface area contributed by atoms with Crippen molar-refractivity contribution in [3.8, 4) is 17.1 Å². The van der Waals surface area contributed by atoms with E-state index in [1.54, 1.807) is 19.2 Å². The van der Waals surface area contributed by atoms with Crippen LogP contribution in [0.4, 0.5) is 0 Å². The van der Waals surface area contributed by atoms with Gasteiger partial charge in [-0.3, -0.25) is 9.78 Å². The molecule has 3 aromatic rings. The largest absolute Gasteiger partial charge is 0.491 e. The number of carbonyl (C=O) groups is 1. The number of rotatable bonds is 6. The average molecular weight is 382 g/mol. The molecule has 0 bridgehead atoms. The molecule has 0 fully saturated rings. The van der Waals surface area contributed by atoms with Gasteiger partial charge in [-0.15, -0.1) is 0 Å². The summed E-state index contributed by atoms with van der Waals surface area (Å²) in [7, 11) is 1.55. The van der Waals surface area contributed by atoms with E-state index in [0.29, 0.717) is 29.6 Å². The normalized spacial score (nSPS) is 15.1. The molecule has 0 unspecified atom stereocenters. The molecule has 1 aromatic carbocycles. The van der Waals surface area contributed by atoms with Gasteiger partial charge in [-0.25, -0.2) is 0 Å². The van der Waals surface area contributed by atoms with E-state index in [2.05, 4.69) is 20.4 Å². The predicted molar refractivity (Wildman–Crippen MR) is 96.3 cm³/mol. The van der Waals surface area contributed by atoms with Gasteiger partial charge in [-0.05, 0) is 23.8 Å². The maximum absolute atomic E-state index is 12.5. The molecule has 1 atom stereocenters. The molecule has 28 heavy (non-hydrogen) atoms. The van der Waals surface area contributed by atoms with Crippen LogP contribution in [0.1, 0.15) is 33.5 Å². The van der Waals surface area contributed by atoms with E-state index >= 15 is 0 Å². The lowest BCUT2D eigenvalue weighted by Crippen LogP contribution is -2.30. The van der Waals surface area contributed by atoms with Gasteiger partial charge in [-0.2, -0.15) is 4.98 Å². The Morgan fingerprint density at radius 1 is 1.36 bits per heavy atom. The lowest BCUT2D eigenvalue weighted by atomic mass is 10.1. The van der Waals surface area contributed by atoms with Crippen LogP contribution in [0, 0.1) is 0 Å². The summed E-state index contributed by atoms with van der Waals surface area (Å²) in [6, 6.07) is 8.44. The first-order valence-electron chi connectivity index (χ1n) is 8.63. The van der Waals surface area contributed by atoms with Crippen LogP contribution in [0.5, 0.6) is 5.75 Å². The highest BCUT2D eigenvalue weighted by molar-refractivity contribution is 5.92. The SMILES string of the molecule is COCc1nc(-c2ccc3c(c2)OC[C@H]3NC(=O)c2cc(CO)ccn2)no1. The number of hydrogen-bond acceptors (Lipinski definition) is 8. The number of nitrogens with one attached hydrogen (secondary N) is 1. The van der Waals surface area contributed by atoms with Crippen LogP contribution in [-0.2, 0) is 18.0 Å². The fraction of sp³-hybridized carbons (Fsp3) is 0.263. The number of ether oxygens (including phenoxy) is 2. The molecule has 2 aromatic heterocycles. The number of pyridine rings is 1. The summed E-state index contributed by atoms with van der Waals surface area (Å²) in [5.41, 5.74) is 2.47. The Morgan fingerprint density at radius 3 is 3.07 bits per heavy atom. The number of benzene rings is 1. The molecule has 0 spiro atoms. The maximum atomic E-state index is 12.5. The van der Waals surface area contributed by atoms with Crippen LogP contribution in [-0.4, -0.2) is 39.9 Å². The fourth-order valence-electron chi connectivity index (χ4n) is 2.95. The molecule has 1 aliphatic heterocycles. The van der Waals surface area contributed by atoms with Crippen molar-refractivity contribution < 1.29 is 23.9 Å². The second kappa shape index (κ2) is 7.75. The van der Waals surface area contributed by atoms with Gasteiger partial charge in [0.25, 0.3) is 11.8 Å². The third-order valence-corrected chi connectivity index (χ3v) is 4.33. The highest BCUT2D eigenvalue weighted by Crippen LogP contribution is 2.35. The van der Waals surface area contributed by atoms with E-state index in [0.717, 1.165) is 11.1 Å². The standard InChI is InChI=1S/C19H18N4O5/c1-26-10-17-22-18(23-28-17)12-2-3-13-15(9-27-16(13)7-12)21-19(25)14-6-11(8-24)4-5-20-14/h2-7,15,24H,8-10H2,1H3,(H,21,25)/t15-/m1/s1. The summed E-state index contributed by atoms with van der Waals surface area (Å²) in [5, 5.41) is 16.0. The van der Waals surface area contributed by atoms with Gasteiger partial charge in [0.05, 0.1) is 12.6 Å². The van der Waals surface area contributed by atoms with Gasteiger partial charge in [0.15, 0.2) is 0 Å². The van der Waals surface area contributed by atoms with Crippen LogP contribution in [0.15, 0.2) is 41.1 Å². The Bertz CT molecular complexity index is 1000. The number of carbonyl (C=O) groups excluding carboxylic acids is 1. The fourth-order valence-corrected chi connectivity index (χ4v) is 2.95. The van der Waals surface area contributed by atoms with Crippen LogP contribution in [0.25, 0.3) is 11.4 Å². The maximum Gasteiger partial charge on any atom is 0.270 e. The van der Waals surface area contributed by atoms with Crippen molar-refractivity contribution in [1.29, 1.82) is 0 Å². The van der Waals surface area contributed by atoms with Crippen molar-refractivity contribution in [3.63, 3.8) is 0 Å². The number of aliphatic hydroxyl groups is 1. The monoisotopic (exact) mass is 382 g/mol. The summed E-state index contributed by atoms with van der Waals surface area (Å²) < 4.78 is 15.8. The quantitative estimate of drug-likeness (QED) is 0.660. The van der Waals surface area contributed by atoms with Crippen LogP contribution >= 0.6 is 0 Å². The predicted octanol–water partition coefficient (Wildman–Crippen LogP) is 1.63. The summed E-state index contributed by atoms with van der Waals surface area (Å²) in [4.78, 5) is 20.8. The van der Waals surface area contributed by atoms with Gasteiger partial charge in [0.2, 0.25) is 5.82 Å². The Labute approximate surface area is 160 Å². The van der Waals surface area contributed by atoms with E-state index in [-0.39, 0.29) is 30.9 Å². The molecule has 1 aliphatic rings. The zero-order chi connectivity index (χ0) is 19.5.